The summed E-state index contributed by atoms with van der Waals surface area (Å²) in [6.45, 7) is 1.11. The average molecular weight is 328 g/mol. The SMILES string of the molecule is COCCNC(=O)C(=O)Nc1ccc(OCc2ccccc2)cc1. The van der Waals surface area contributed by atoms with Gasteiger partial charge in [-0.1, -0.05) is 30.3 Å². The van der Waals surface area contributed by atoms with Gasteiger partial charge < -0.3 is 20.1 Å². The Kier molecular flexibility index (Phi) is 6.79. The highest BCUT2D eigenvalue weighted by molar-refractivity contribution is 6.39. The molecule has 2 aromatic rings. The van der Waals surface area contributed by atoms with E-state index in [9.17, 15) is 9.59 Å². The van der Waals surface area contributed by atoms with E-state index in [2.05, 4.69) is 10.6 Å². The summed E-state index contributed by atoms with van der Waals surface area (Å²) in [7, 11) is 1.52. The number of hydrogen-bond acceptors (Lipinski definition) is 4. The third-order valence-electron chi connectivity index (χ3n) is 3.16. The lowest BCUT2D eigenvalue weighted by molar-refractivity contribution is -0.136. The summed E-state index contributed by atoms with van der Waals surface area (Å²) in [4.78, 5) is 23.3. The Balaban J connectivity index is 1.81. The van der Waals surface area contributed by atoms with Gasteiger partial charge in [0, 0.05) is 19.3 Å². The monoisotopic (exact) mass is 328 g/mol. The summed E-state index contributed by atoms with van der Waals surface area (Å²) >= 11 is 0. The number of carbonyl (C=O) groups is 2. The van der Waals surface area contributed by atoms with E-state index in [0.29, 0.717) is 24.7 Å². The summed E-state index contributed by atoms with van der Waals surface area (Å²) in [5, 5.41) is 4.98. The van der Waals surface area contributed by atoms with E-state index in [4.69, 9.17) is 9.47 Å². The number of nitrogens with one attached hydrogen (secondary N) is 2. The molecule has 2 N–H and O–H groups in total. The van der Waals surface area contributed by atoms with Crippen molar-refractivity contribution in [1.29, 1.82) is 0 Å². The third kappa shape index (κ3) is 5.73. The number of ether oxygens (including phenoxy) is 2. The molecule has 0 aromatic heterocycles. The first-order valence-corrected chi connectivity index (χ1v) is 7.54. The van der Waals surface area contributed by atoms with E-state index in [1.54, 1.807) is 24.3 Å². The predicted octanol–water partition coefficient (Wildman–Crippen LogP) is 1.97. The molecule has 0 saturated heterocycles. The lowest BCUT2D eigenvalue weighted by Crippen LogP contribution is -2.37. The van der Waals surface area contributed by atoms with Gasteiger partial charge in [-0.05, 0) is 29.8 Å². The van der Waals surface area contributed by atoms with Crippen LogP contribution in [0.2, 0.25) is 0 Å². The Bertz CT molecular complexity index is 656. The number of carbonyl (C=O) groups excluding carboxylic acids is 2. The van der Waals surface area contributed by atoms with Crippen LogP contribution in [-0.2, 0) is 20.9 Å². The Labute approximate surface area is 140 Å². The molecule has 24 heavy (non-hydrogen) atoms. The molecule has 0 atom stereocenters. The molecular formula is C18H20N2O4. The molecule has 0 heterocycles. The van der Waals surface area contributed by atoms with E-state index in [1.165, 1.54) is 7.11 Å². The van der Waals surface area contributed by atoms with Crippen LogP contribution in [0.15, 0.2) is 54.6 Å². The number of amides is 2. The van der Waals surface area contributed by atoms with Crippen molar-refractivity contribution in [3.05, 3.63) is 60.2 Å². The van der Waals surface area contributed by atoms with Gasteiger partial charge in [0.05, 0.1) is 6.61 Å². The molecule has 0 aliphatic carbocycles. The van der Waals surface area contributed by atoms with Crippen molar-refractivity contribution in [3.8, 4) is 5.75 Å². The first-order chi connectivity index (χ1) is 11.7. The van der Waals surface area contributed by atoms with Crippen LogP contribution >= 0.6 is 0 Å². The summed E-state index contributed by atoms with van der Waals surface area (Å²) in [5.41, 5.74) is 1.59. The van der Waals surface area contributed by atoms with Crippen LogP contribution in [0.5, 0.6) is 5.75 Å². The molecule has 6 nitrogen and oxygen atoms in total. The van der Waals surface area contributed by atoms with Gasteiger partial charge in [-0.3, -0.25) is 9.59 Å². The molecule has 2 amide bonds. The molecule has 0 fully saturated rings. The number of methoxy groups -OCH3 is 1. The molecule has 0 spiro atoms. The molecule has 0 bridgehead atoms. The first kappa shape index (κ1) is 17.5. The second-order valence-corrected chi connectivity index (χ2v) is 5.00. The zero-order valence-corrected chi connectivity index (χ0v) is 13.5. The molecule has 0 saturated carbocycles. The number of benzene rings is 2. The first-order valence-electron chi connectivity index (χ1n) is 7.54. The molecule has 0 aliphatic heterocycles. The van der Waals surface area contributed by atoms with Crippen LogP contribution in [0.1, 0.15) is 5.56 Å². The lowest BCUT2D eigenvalue weighted by atomic mass is 10.2. The summed E-state index contributed by atoms with van der Waals surface area (Å²) in [6.07, 6.45) is 0. The summed E-state index contributed by atoms with van der Waals surface area (Å²) < 4.78 is 10.5. The Morgan fingerprint density at radius 2 is 1.67 bits per heavy atom. The van der Waals surface area contributed by atoms with Crippen molar-refractivity contribution in [2.45, 2.75) is 6.61 Å². The number of rotatable bonds is 7. The molecule has 0 radical (unpaired) electrons. The maximum Gasteiger partial charge on any atom is 0.313 e. The summed E-state index contributed by atoms with van der Waals surface area (Å²) in [6, 6.07) is 16.7. The van der Waals surface area contributed by atoms with Crippen molar-refractivity contribution >= 4 is 17.5 Å². The molecule has 0 aliphatic rings. The van der Waals surface area contributed by atoms with E-state index < -0.39 is 11.8 Å². The second-order valence-electron chi connectivity index (χ2n) is 5.00. The van der Waals surface area contributed by atoms with Gasteiger partial charge in [0.2, 0.25) is 0 Å². The second kappa shape index (κ2) is 9.32. The molecular weight excluding hydrogens is 308 g/mol. The standard InChI is InChI=1S/C18H20N2O4/c1-23-12-11-19-17(21)18(22)20-15-7-9-16(10-8-15)24-13-14-5-3-2-4-6-14/h2-10H,11-13H2,1H3,(H,19,21)(H,20,22). The van der Waals surface area contributed by atoms with E-state index in [-0.39, 0.29) is 6.54 Å². The molecule has 126 valence electrons. The Morgan fingerprint density at radius 3 is 2.33 bits per heavy atom. The lowest BCUT2D eigenvalue weighted by Gasteiger charge is -2.08. The van der Waals surface area contributed by atoms with Gasteiger partial charge in [0.25, 0.3) is 0 Å². The van der Waals surface area contributed by atoms with Gasteiger partial charge >= 0.3 is 11.8 Å². The van der Waals surface area contributed by atoms with Crippen molar-refractivity contribution < 1.29 is 19.1 Å². The quantitative estimate of drug-likeness (QED) is 0.602. The normalized spacial score (nSPS) is 10.0. The van der Waals surface area contributed by atoms with E-state index in [0.717, 1.165) is 5.56 Å². The van der Waals surface area contributed by atoms with Crippen LogP contribution in [0.25, 0.3) is 0 Å². The van der Waals surface area contributed by atoms with Gasteiger partial charge in [0.1, 0.15) is 12.4 Å². The van der Waals surface area contributed by atoms with Gasteiger partial charge in [-0.2, -0.15) is 0 Å². The van der Waals surface area contributed by atoms with Crippen LogP contribution in [0.3, 0.4) is 0 Å². The minimum Gasteiger partial charge on any atom is -0.489 e. The van der Waals surface area contributed by atoms with Crippen LogP contribution in [0, 0.1) is 0 Å². The maximum atomic E-state index is 11.7. The van der Waals surface area contributed by atoms with Crippen LogP contribution in [-0.4, -0.2) is 32.1 Å². The van der Waals surface area contributed by atoms with Gasteiger partial charge in [0.15, 0.2) is 0 Å². The van der Waals surface area contributed by atoms with Gasteiger partial charge in [-0.15, -0.1) is 0 Å². The topological polar surface area (TPSA) is 76.7 Å². The highest BCUT2D eigenvalue weighted by Gasteiger charge is 2.12. The fourth-order valence-electron chi connectivity index (χ4n) is 1.91. The van der Waals surface area contributed by atoms with Crippen molar-refractivity contribution in [3.63, 3.8) is 0 Å². The molecule has 2 aromatic carbocycles. The fraction of sp³-hybridized carbons (Fsp3) is 0.222. The molecule has 2 rings (SSSR count). The smallest absolute Gasteiger partial charge is 0.313 e. The minimum atomic E-state index is -0.718. The Morgan fingerprint density at radius 1 is 0.958 bits per heavy atom. The zero-order chi connectivity index (χ0) is 17.2. The highest BCUT2D eigenvalue weighted by Crippen LogP contribution is 2.17. The predicted molar refractivity (Wildman–Crippen MR) is 90.7 cm³/mol. The van der Waals surface area contributed by atoms with Crippen molar-refractivity contribution in [1.82, 2.24) is 5.32 Å². The number of anilines is 1. The largest absolute Gasteiger partial charge is 0.489 e. The van der Waals surface area contributed by atoms with Crippen LogP contribution in [0.4, 0.5) is 5.69 Å². The highest BCUT2D eigenvalue weighted by atomic mass is 16.5. The van der Waals surface area contributed by atoms with E-state index in [1.807, 2.05) is 30.3 Å². The third-order valence-corrected chi connectivity index (χ3v) is 3.16. The fourth-order valence-corrected chi connectivity index (χ4v) is 1.91. The summed E-state index contributed by atoms with van der Waals surface area (Å²) in [5.74, 6) is -0.734. The van der Waals surface area contributed by atoms with Crippen molar-refractivity contribution in [2.75, 3.05) is 25.6 Å². The van der Waals surface area contributed by atoms with E-state index >= 15 is 0 Å². The number of hydrogen-bond donors (Lipinski definition) is 2. The average Bonchev–Trinajstić information content (AvgIpc) is 2.62. The molecule has 0 unspecified atom stereocenters. The molecule has 6 heteroatoms. The van der Waals surface area contributed by atoms with Crippen LogP contribution < -0.4 is 15.4 Å². The maximum absolute atomic E-state index is 11.7. The van der Waals surface area contributed by atoms with Gasteiger partial charge in [-0.25, -0.2) is 0 Å². The minimum absolute atomic E-state index is 0.287. The Hall–Kier alpha value is -2.86. The van der Waals surface area contributed by atoms with Crippen molar-refractivity contribution in [2.24, 2.45) is 0 Å². The zero-order valence-electron chi connectivity index (χ0n) is 13.5.